The van der Waals surface area contributed by atoms with Crippen molar-refractivity contribution in [3.8, 4) is 0 Å². The van der Waals surface area contributed by atoms with E-state index in [4.69, 9.17) is 4.42 Å². The third kappa shape index (κ3) is 2.78. The molecular weight excluding hydrogens is 248 g/mol. The van der Waals surface area contributed by atoms with E-state index in [1.807, 2.05) is 25.4 Å². The Kier molecular flexibility index (Phi) is 3.38. The highest BCUT2D eigenvalue weighted by molar-refractivity contribution is 5.29. The summed E-state index contributed by atoms with van der Waals surface area (Å²) in [5, 5.41) is 3.66. The fourth-order valence-corrected chi connectivity index (χ4v) is 3.11. The lowest BCUT2D eigenvalue weighted by Crippen LogP contribution is -2.32. The number of hydrogen-bond acceptors (Lipinski definition) is 3. The Morgan fingerprint density at radius 2 is 2.30 bits per heavy atom. The fraction of sp³-hybridized carbons (Fsp3) is 0.471. The van der Waals surface area contributed by atoms with Gasteiger partial charge in [-0.2, -0.15) is 0 Å². The first kappa shape index (κ1) is 13.4. The van der Waals surface area contributed by atoms with Gasteiger partial charge in [-0.1, -0.05) is 19.9 Å². The average molecular weight is 270 g/mol. The summed E-state index contributed by atoms with van der Waals surface area (Å²) in [6, 6.07) is 6.64. The predicted molar refractivity (Wildman–Crippen MR) is 79.4 cm³/mol. The molecule has 0 amide bonds. The first-order valence-electron chi connectivity index (χ1n) is 7.25. The third-order valence-corrected chi connectivity index (χ3v) is 4.01. The third-order valence-electron chi connectivity index (χ3n) is 4.01. The van der Waals surface area contributed by atoms with Gasteiger partial charge in [0.1, 0.15) is 11.5 Å². The van der Waals surface area contributed by atoms with Crippen LogP contribution < -0.4 is 5.32 Å². The molecule has 1 atom stereocenters. The van der Waals surface area contributed by atoms with Gasteiger partial charge in [0, 0.05) is 37.0 Å². The molecule has 0 spiro atoms. The average Bonchev–Trinajstić information content (AvgIpc) is 2.76. The number of fused-ring (bicyclic) bond motifs is 1. The van der Waals surface area contributed by atoms with Gasteiger partial charge in [-0.25, -0.2) is 0 Å². The summed E-state index contributed by atoms with van der Waals surface area (Å²) < 4.78 is 5.87. The molecule has 0 fully saturated rings. The maximum atomic E-state index is 5.87. The molecular formula is C17H22N2O. The van der Waals surface area contributed by atoms with E-state index in [0.717, 1.165) is 30.9 Å². The largest absolute Gasteiger partial charge is 0.466 e. The Hall–Kier alpha value is -1.61. The van der Waals surface area contributed by atoms with Gasteiger partial charge in [0.15, 0.2) is 0 Å². The van der Waals surface area contributed by atoms with E-state index in [0.29, 0.717) is 6.04 Å². The summed E-state index contributed by atoms with van der Waals surface area (Å²) in [7, 11) is 0. The van der Waals surface area contributed by atoms with Crippen LogP contribution >= 0.6 is 0 Å². The summed E-state index contributed by atoms with van der Waals surface area (Å²) in [4.78, 5) is 4.17. The lowest BCUT2D eigenvalue weighted by atomic mass is 9.74. The molecule has 1 aliphatic rings. The molecule has 3 nitrogen and oxygen atoms in total. The van der Waals surface area contributed by atoms with Crippen LogP contribution in [0.15, 0.2) is 35.0 Å². The maximum absolute atomic E-state index is 5.87. The lowest BCUT2D eigenvalue weighted by Gasteiger charge is -2.34. The van der Waals surface area contributed by atoms with Crippen molar-refractivity contribution >= 4 is 0 Å². The second kappa shape index (κ2) is 5.06. The van der Waals surface area contributed by atoms with Crippen LogP contribution in [0, 0.1) is 12.3 Å². The van der Waals surface area contributed by atoms with Crippen molar-refractivity contribution in [2.75, 3.05) is 0 Å². The molecule has 1 unspecified atom stereocenters. The molecule has 3 rings (SSSR count). The van der Waals surface area contributed by atoms with Crippen molar-refractivity contribution in [1.82, 2.24) is 10.3 Å². The molecule has 20 heavy (non-hydrogen) atoms. The second-order valence-electron chi connectivity index (χ2n) is 6.58. The smallest absolute Gasteiger partial charge is 0.109 e. The molecule has 2 aromatic rings. The number of nitrogens with zero attached hydrogens (tertiary/aromatic N) is 1. The normalized spacial score (nSPS) is 20.6. The molecule has 106 valence electrons. The van der Waals surface area contributed by atoms with E-state index in [2.05, 4.69) is 36.3 Å². The van der Waals surface area contributed by atoms with Crippen molar-refractivity contribution in [2.45, 2.75) is 46.2 Å². The molecule has 3 heteroatoms. The summed E-state index contributed by atoms with van der Waals surface area (Å²) in [6.07, 6.45) is 5.90. The van der Waals surface area contributed by atoms with E-state index < -0.39 is 0 Å². The quantitative estimate of drug-likeness (QED) is 0.922. The van der Waals surface area contributed by atoms with E-state index in [-0.39, 0.29) is 5.41 Å². The minimum Gasteiger partial charge on any atom is -0.466 e. The van der Waals surface area contributed by atoms with Crippen LogP contribution in [0.25, 0.3) is 0 Å². The van der Waals surface area contributed by atoms with Gasteiger partial charge in [-0.15, -0.1) is 0 Å². The SMILES string of the molecule is Cc1cc2c(o1)CC(C)(C)CC2NCc1cccnc1. The first-order valence-corrected chi connectivity index (χ1v) is 7.25. The minimum absolute atomic E-state index is 0.282. The molecule has 0 aliphatic heterocycles. The lowest BCUT2D eigenvalue weighted by molar-refractivity contribution is 0.233. The van der Waals surface area contributed by atoms with Gasteiger partial charge in [-0.05, 0) is 36.5 Å². The number of pyridine rings is 1. The number of nitrogens with one attached hydrogen (secondary N) is 1. The molecule has 0 bridgehead atoms. The maximum Gasteiger partial charge on any atom is 0.109 e. The van der Waals surface area contributed by atoms with Crippen molar-refractivity contribution in [3.63, 3.8) is 0 Å². The van der Waals surface area contributed by atoms with Gasteiger partial charge in [0.2, 0.25) is 0 Å². The second-order valence-corrected chi connectivity index (χ2v) is 6.58. The minimum atomic E-state index is 0.282. The first-order chi connectivity index (χ1) is 9.53. The van der Waals surface area contributed by atoms with Crippen LogP contribution in [-0.4, -0.2) is 4.98 Å². The molecule has 0 aromatic carbocycles. The highest BCUT2D eigenvalue weighted by Crippen LogP contribution is 2.42. The number of aryl methyl sites for hydroxylation is 1. The van der Waals surface area contributed by atoms with Crippen molar-refractivity contribution in [1.29, 1.82) is 0 Å². The fourth-order valence-electron chi connectivity index (χ4n) is 3.11. The number of furan rings is 1. The summed E-state index contributed by atoms with van der Waals surface area (Å²) in [6.45, 7) is 7.50. The Balaban J connectivity index is 1.78. The van der Waals surface area contributed by atoms with Gasteiger partial charge in [-0.3, -0.25) is 4.98 Å². The van der Waals surface area contributed by atoms with Crippen molar-refractivity contribution in [3.05, 3.63) is 53.2 Å². The van der Waals surface area contributed by atoms with Crippen molar-refractivity contribution in [2.24, 2.45) is 5.41 Å². The highest BCUT2D eigenvalue weighted by Gasteiger charge is 2.34. The van der Waals surface area contributed by atoms with Crippen molar-refractivity contribution < 1.29 is 4.42 Å². The summed E-state index contributed by atoms with van der Waals surface area (Å²) >= 11 is 0. The zero-order valence-electron chi connectivity index (χ0n) is 12.4. The highest BCUT2D eigenvalue weighted by atomic mass is 16.3. The molecule has 1 aliphatic carbocycles. The standard InChI is InChI=1S/C17H22N2O/c1-12-7-14-15(8-17(2,3)9-16(14)20-12)19-11-13-5-4-6-18-10-13/h4-7,10,15,19H,8-9,11H2,1-3H3. The number of rotatable bonds is 3. The topological polar surface area (TPSA) is 38.1 Å². The number of aromatic nitrogens is 1. The van der Waals surface area contributed by atoms with Crippen LogP contribution in [0.5, 0.6) is 0 Å². The summed E-state index contributed by atoms with van der Waals surface area (Å²) in [5.41, 5.74) is 2.84. The Labute approximate surface area is 120 Å². The van der Waals surface area contributed by atoms with E-state index in [1.165, 1.54) is 11.1 Å². The van der Waals surface area contributed by atoms with Gasteiger partial charge < -0.3 is 9.73 Å². The Bertz CT molecular complexity index is 586. The summed E-state index contributed by atoms with van der Waals surface area (Å²) in [5.74, 6) is 2.17. The van der Waals surface area contributed by atoms with Gasteiger partial charge in [0.05, 0.1) is 0 Å². The van der Waals surface area contributed by atoms with E-state index in [9.17, 15) is 0 Å². The number of hydrogen-bond donors (Lipinski definition) is 1. The monoisotopic (exact) mass is 270 g/mol. The molecule has 1 N–H and O–H groups in total. The van der Waals surface area contributed by atoms with E-state index >= 15 is 0 Å². The molecule has 2 heterocycles. The Morgan fingerprint density at radius 3 is 3.05 bits per heavy atom. The molecule has 2 aromatic heterocycles. The molecule has 0 saturated carbocycles. The van der Waals surface area contributed by atoms with Crippen LogP contribution in [0.2, 0.25) is 0 Å². The van der Waals surface area contributed by atoms with Gasteiger partial charge in [0.25, 0.3) is 0 Å². The Morgan fingerprint density at radius 1 is 1.45 bits per heavy atom. The zero-order valence-corrected chi connectivity index (χ0v) is 12.4. The molecule has 0 radical (unpaired) electrons. The van der Waals surface area contributed by atoms with Crippen LogP contribution in [0.3, 0.4) is 0 Å². The van der Waals surface area contributed by atoms with Crippen LogP contribution in [0.4, 0.5) is 0 Å². The van der Waals surface area contributed by atoms with Gasteiger partial charge >= 0.3 is 0 Å². The molecule has 0 saturated heterocycles. The van der Waals surface area contributed by atoms with E-state index in [1.54, 1.807) is 0 Å². The predicted octanol–water partition coefficient (Wildman–Crippen LogP) is 3.79. The van der Waals surface area contributed by atoms with Crippen LogP contribution in [0.1, 0.15) is 49.0 Å². The zero-order chi connectivity index (χ0) is 14.2. The van der Waals surface area contributed by atoms with Crippen LogP contribution in [-0.2, 0) is 13.0 Å².